The molecule has 0 aromatic heterocycles. The van der Waals surface area contributed by atoms with Gasteiger partial charge in [0.15, 0.2) is 11.5 Å². The maximum Gasteiger partial charge on any atom is 0.255 e. The molecule has 0 radical (unpaired) electrons. The van der Waals surface area contributed by atoms with Crippen LogP contribution in [0.4, 0.5) is 0 Å². The largest absolute Gasteiger partial charge is 0.493 e. The third-order valence-electron chi connectivity index (χ3n) is 6.62. The summed E-state index contributed by atoms with van der Waals surface area (Å²) in [4.78, 5) is 30.5. The topological polar surface area (TPSA) is 68.3 Å². The number of ether oxygens (including phenoxy) is 3. The SMILES string of the molecule is COc1cc([C@H](CC(=O)N2CCCCCC2)N2Cc3ccccc3C2=O)cc(OC)c1OC. The fraction of sp³-hybridized carbons (Fsp3) is 0.462. The summed E-state index contributed by atoms with van der Waals surface area (Å²) in [7, 11) is 4.69. The Hall–Kier alpha value is -3.22. The van der Waals surface area contributed by atoms with Crippen molar-refractivity contribution in [1.82, 2.24) is 9.80 Å². The molecule has 0 N–H and O–H groups in total. The molecule has 1 fully saturated rings. The van der Waals surface area contributed by atoms with Crippen LogP contribution >= 0.6 is 0 Å². The molecule has 2 aliphatic heterocycles. The minimum absolute atomic E-state index is 0.0620. The van der Waals surface area contributed by atoms with Gasteiger partial charge in [0, 0.05) is 25.2 Å². The Bertz CT molecular complexity index is 988. The van der Waals surface area contributed by atoms with Gasteiger partial charge in [0.05, 0.1) is 33.8 Å². The number of fused-ring (bicyclic) bond motifs is 1. The summed E-state index contributed by atoms with van der Waals surface area (Å²) < 4.78 is 16.6. The van der Waals surface area contributed by atoms with Crippen molar-refractivity contribution in [3.63, 3.8) is 0 Å². The van der Waals surface area contributed by atoms with Crippen molar-refractivity contribution in [2.45, 2.75) is 44.7 Å². The summed E-state index contributed by atoms with van der Waals surface area (Å²) in [5, 5.41) is 0. The Morgan fingerprint density at radius 2 is 1.58 bits per heavy atom. The predicted molar refractivity (Wildman–Crippen MR) is 125 cm³/mol. The molecule has 4 rings (SSSR count). The third-order valence-corrected chi connectivity index (χ3v) is 6.62. The molecule has 33 heavy (non-hydrogen) atoms. The molecule has 2 aliphatic rings. The normalized spacial score (nSPS) is 16.8. The number of carbonyl (C=O) groups excluding carboxylic acids is 2. The molecule has 2 aromatic carbocycles. The van der Waals surface area contributed by atoms with Gasteiger partial charge in [0.1, 0.15) is 0 Å². The van der Waals surface area contributed by atoms with Gasteiger partial charge in [0.2, 0.25) is 11.7 Å². The van der Waals surface area contributed by atoms with Gasteiger partial charge < -0.3 is 24.0 Å². The van der Waals surface area contributed by atoms with E-state index in [1.54, 1.807) is 26.2 Å². The number of rotatable bonds is 7. The van der Waals surface area contributed by atoms with E-state index in [4.69, 9.17) is 14.2 Å². The molecule has 0 spiro atoms. The van der Waals surface area contributed by atoms with Gasteiger partial charge in [-0.05, 0) is 42.2 Å². The van der Waals surface area contributed by atoms with Gasteiger partial charge in [0.25, 0.3) is 5.91 Å². The van der Waals surface area contributed by atoms with Crippen molar-refractivity contribution in [3.05, 3.63) is 53.1 Å². The summed E-state index contributed by atoms with van der Waals surface area (Å²) in [6, 6.07) is 10.9. The van der Waals surface area contributed by atoms with Crippen LogP contribution in [0.25, 0.3) is 0 Å². The van der Waals surface area contributed by atoms with Crippen LogP contribution in [-0.4, -0.2) is 56.0 Å². The van der Waals surface area contributed by atoms with Crippen LogP contribution in [0.3, 0.4) is 0 Å². The highest BCUT2D eigenvalue weighted by molar-refractivity contribution is 5.99. The minimum atomic E-state index is -0.450. The van der Waals surface area contributed by atoms with E-state index in [9.17, 15) is 9.59 Å². The van der Waals surface area contributed by atoms with E-state index in [0.29, 0.717) is 29.4 Å². The number of likely N-dealkylation sites (tertiary alicyclic amines) is 1. The molecule has 0 saturated carbocycles. The first-order valence-corrected chi connectivity index (χ1v) is 11.5. The van der Waals surface area contributed by atoms with E-state index in [2.05, 4.69) is 0 Å². The van der Waals surface area contributed by atoms with Crippen LogP contribution in [0, 0.1) is 0 Å². The van der Waals surface area contributed by atoms with Crippen LogP contribution < -0.4 is 14.2 Å². The van der Waals surface area contributed by atoms with Crippen LogP contribution in [0.15, 0.2) is 36.4 Å². The van der Waals surface area contributed by atoms with Gasteiger partial charge >= 0.3 is 0 Å². The van der Waals surface area contributed by atoms with E-state index in [1.165, 1.54) is 0 Å². The number of hydrogen-bond acceptors (Lipinski definition) is 5. The lowest BCUT2D eigenvalue weighted by molar-refractivity contribution is -0.132. The van der Waals surface area contributed by atoms with E-state index >= 15 is 0 Å². The molecule has 0 aliphatic carbocycles. The Morgan fingerprint density at radius 3 is 2.15 bits per heavy atom. The fourth-order valence-electron chi connectivity index (χ4n) is 4.84. The first-order valence-electron chi connectivity index (χ1n) is 11.5. The quantitative estimate of drug-likeness (QED) is 0.630. The van der Waals surface area contributed by atoms with Gasteiger partial charge in [-0.1, -0.05) is 31.0 Å². The van der Waals surface area contributed by atoms with E-state index < -0.39 is 6.04 Å². The van der Waals surface area contributed by atoms with E-state index in [-0.39, 0.29) is 18.2 Å². The first-order chi connectivity index (χ1) is 16.1. The maximum atomic E-state index is 13.4. The van der Waals surface area contributed by atoms with Crippen molar-refractivity contribution < 1.29 is 23.8 Å². The average Bonchev–Trinajstić information content (AvgIpc) is 3.01. The molecule has 0 bridgehead atoms. The number of benzene rings is 2. The lowest BCUT2D eigenvalue weighted by atomic mass is 9.99. The zero-order valence-electron chi connectivity index (χ0n) is 19.6. The minimum Gasteiger partial charge on any atom is -0.493 e. The van der Waals surface area contributed by atoms with Crippen LogP contribution in [0.1, 0.15) is 59.6 Å². The molecule has 2 amide bonds. The molecule has 1 saturated heterocycles. The summed E-state index contributed by atoms with van der Waals surface area (Å²) in [6.45, 7) is 2.01. The van der Waals surface area contributed by atoms with Crippen LogP contribution in [-0.2, 0) is 11.3 Å². The Balaban J connectivity index is 1.72. The molecular weight excluding hydrogens is 420 g/mol. The van der Waals surface area contributed by atoms with Gasteiger partial charge in [-0.25, -0.2) is 0 Å². The lowest BCUT2D eigenvalue weighted by Gasteiger charge is -2.31. The second kappa shape index (κ2) is 10.1. The van der Waals surface area contributed by atoms with Gasteiger partial charge in [-0.2, -0.15) is 0 Å². The average molecular weight is 453 g/mol. The van der Waals surface area contributed by atoms with Gasteiger partial charge in [-0.15, -0.1) is 0 Å². The highest BCUT2D eigenvalue weighted by Gasteiger charge is 2.36. The van der Waals surface area contributed by atoms with Crippen LogP contribution in [0.2, 0.25) is 0 Å². The standard InChI is InChI=1S/C26H32N2O5/c1-31-22-14-19(15-23(32-2)25(22)33-3)21(16-24(29)27-12-8-4-5-9-13-27)28-17-18-10-6-7-11-20(18)26(28)30/h6-7,10-11,14-15,21H,4-5,8-9,12-13,16-17H2,1-3H3/t21-/m0/s1. The highest BCUT2D eigenvalue weighted by atomic mass is 16.5. The molecular formula is C26H32N2O5. The highest BCUT2D eigenvalue weighted by Crippen LogP contribution is 2.43. The molecule has 7 heteroatoms. The molecule has 176 valence electrons. The molecule has 0 unspecified atom stereocenters. The molecule has 2 aromatic rings. The Kier molecular flexibility index (Phi) is 7.06. The monoisotopic (exact) mass is 452 g/mol. The fourth-order valence-corrected chi connectivity index (χ4v) is 4.84. The number of amides is 2. The summed E-state index contributed by atoms with van der Waals surface area (Å²) in [6.07, 6.45) is 4.56. The Morgan fingerprint density at radius 1 is 0.939 bits per heavy atom. The van der Waals surface area contributed by atoms with E-state index in [0.717, 1.165) is 49.9 Å². The second-order valence-corrected chi connectivity index (χ2v) is 8.56. The zero-order chi connectivity index (χ0) is 23.4. The second-order valence-electron chi connectivity index (χ2n) is 8.56. The Labute approximate surface area is 195 Å². The number of nitrogens with zero attached hydrogens (tertiary/aromatic N) is 2. The van der Waals surface area contributed by atoms with Crippen molar-refractivity contribution in [2.75, 3.05) is 34.4 Å². The number of carbonyl (C=O) groups is 2. The first kappa shape index (κ1) is 23.0. The summed E-state index contributed by atoms with van der Waals surface area (Å²) >= 11 is 0. The molecule has 7 nitrogen and oxygen atoms in total. The van der Waals surface area contributed by atoms with E-state index in [1.807, 2.05) is 41.3 Å². The summed E-state index contributed by atoms with van der Waals surface area (Å²) in [5.41, 5.74) is 2.45. The lowest BCUT2D eigenvalue weighted by Crippen LogP contribution is -2.37. The third kappa shape index (κ3) is 4.63. The summed E-state index contributed by atoms with van der Waals surface area (Å²) in [5.74, 6) is 1.50. The van der Waals surface area contributed by atoms with Crippen molar-refractivity contribution in [2.24, 2.45) is 0 Å². The number of methoxy groups -OCH3 is 3. The van der Waals surface area contributed by atoms with Crippen molar-refractivity contribution in [1.29, 1.82) is 0 Å². The number of hydrogen-bond donors (Lipinski definition) is 0. The van der Waals surface area contributed by atoms with Gasteiger partial charge in [-0.3, -0.25) is 9.59 Å². The maximum absolute atomic E-state index is 13.4. The smallest absolute Gasteiger partial charge is 0.255 e. The molecule has 1 atom stereocenters. The molecule has 2 heterocycles. The van der Waals surface area contributed by atoms with Crippen LogP contribution in [0.5, 0.6) is 17.2 Å². The van der Waals surface area contributed by atoms with Crippen molar-refractivity contribution >= 4 is 11.8 Å². The predicted octanol–water partition coefficient (Wildman–Crippen LogP) is 4.20. The zero-order valence-corrected chi connectivity index (χ0v) is 19.6. The van der Waals surface area contributed by atoms with Crippen molar-refractivity contribution in [3.8, 4) is 17.2 Å².